The van der Waals surface area contributed by atoms with Crippen molar-refractivity contribution in [3.63, 3.8) is 0 Å². The van der Waals surface area contributed by atoms with Crippen LogP contribution in [0.1, 0.15) is 87.7 Å². The number of hydrogen-bond acceptors (Lipinski definition) is 6. The van der Waals surface area contributed by atoms with Gasteiger partial charge in [0.05, 0.1) is 38.7 Å². The fourth-order valence-corrected chi connectivity index (χ4v) is 8.79. The molecule has 1 N–H and O–H groups in total. The number of nitrogens with zero attached hydrogens (tertiary/aromatic N) is 1. The first-order valence-electron chi connectivity index (χ1n) is 16.7. The fourth-order valence-electron chi connectivity index (χ4n) is 8.79. The van der Waals surface area contributed by atoms with Crippen LogP contribution in [0.4, 0.5) is 8.78 Å². The first-order chi connectivity index (χ1) is 21.7. The second-order valence-corrected chi connectivity index (χ2v) is 13.7. The number of ether oxygens (including phenoxy) is 3. The molecular weight excluding hydrogens is 576 g/mol. The quantitative estimate of drug-likeness (QED) is 0.146. The second-order valence-electron chi connectivity index (χ2n) is 13.7. The standard InChI is InChI=1S/C37H47F2NO5/c1-4-37(38,39)36(41)16-15-33-31-13-11-28-23-29(40-45-22-21-44-20-19-43-18-17-42-3)12-14-30(28)34(31)32(24-35(33,36)2)27-9-7-26(8-10-27)25-5-6-25/h1,7-10,23,25,31-33,41H,5-6,11-22,24H2,2-3H3/b40-29-/t31-,32+,33-,35-,36-/m0/s1. The van der Waals surface area contributed by atoms with E-state index in [0.29, 0.717) is 58.4 Å². The largest absolute Gasteiger partial charge is 0.393 e. The summed E-state index contributed by atoms with van der Waals surface area (Å²) in [6.45, 7) is 4.81. The molecule has 0 heterocycles. The molecule has 0 saturated heterocycles. The maximum atomic E-state index is 15.4. The molecule has 6 rings (SSSR count). The van der Waals surface area contributed by atoms with Crippen LogP contribution in [0.25, 0.3) is 0 Å². The highest BCUT2D eigenvalue weighted by molar-refractivity contribution is 5.97. The van der Waals surface area contributed by atoms with E-state index in [4.69, 9.17) is 25.5 Å². The Labute approximate surface area is 266 Å². The van der Waals surface area contributed by atoms with Gasteiger partial charge in [0.2, 0.25) is 0 Å². The highest BCUT2D eigenvalue weighted by Crippen LogP contribution is 2.69. The van der Waals surface area contributed by atoms with Crippen molar-refractivity contribution in [3.05, 3.63) is 58.2 Å². The molecule has 244 valence electrons. The molecule has 5 aliphatic rings. The van der Waals surface area contributed by atoms with Crippen LogP contribution in [0.2, 0.25) is 0 Å². The van der Waals surface area contributed by atoms with E-state index in [0.717, 1.165) is 37.0 Å². The van der Waals surface area contributed by atoms with E-state index < -0.39 is 16.9 Å². The summed E-state index contributed by atoms with van der Waals surface area (Å²) in [4.78, 5) is 5.59. The van der Waals surface area contributed by atoms with Crippen LogP contribution >= 0.6 is 0 Å². The first-order valence-corrected chi connectivity index (χ1v) is 16.7. The van der Waals surface area contributed by atoms with E-state index in [9.17, 15) is 5.11 Å². The van der Waals surface area contributed by atoms with Crippen molar-refractivity contribution in [2.24, 2.45) is 22.4 Å². The molecule has 0 spiro atoms. The minimum Gasteiger partial charge on any atom is -0.393 e. The minimum atomic E-state index is -3.58. The zero-order valence-corrected chi connectivity index (χ0v) is 26.7. The maximum Gasteiger partial charge on any atom is 0.336 e. The zero-order chi connectivity index (χ0) is 31.7. The topological polar surface area (TPSA) is 69.5 Å². The molecule has 1 aromatic rings. The Morgan fingerprint density at radius 1 is 0.956 bits per heavy atom. The van der Waals surface area contributed by atoms with Crippen LogP contribution in [0.15, 0.2) is 52.2 Å². The van der Waals surface area contributed by atoms with Gasteiger partial charge in [0.15, 0.2) is 0 Å². The Morgan fingerprint density at radius 3 is 2.33 bits per heavy atom. The van der Waals surface area contributed by atoms with Gasteiger partial charge in [-0.3, -0.25) is 0 Å². The van der Waals surface area contributed by atoms with E-state index in [-0.39, 0.29) is 24.2 Å². The highest BCUT2D eigenvalue weighted by atomic mass is 19.3. The lowest BCUT2D eigenvalue weighted by Gasteiger charge is -2.55. The molecule has 45 heavy (non-hydrogen) atoms. The average Bonchev–Trinajstić information content (AvgIpc) is 3.86. The lowest BCUT2D eigenvalue weighted by atomic mass is 9.50. The summed E-state index contributed by atoms with van der Waals surface area (Å²) in [5.74, 6) is -1.22. The molecule has 0 aliphatic heterocycles. The van der Waals surface area contributed by atoms with E-state index in [1.165, 1.54) is 35.1 Å². The minimum absolute atomic E-state index is 0.0270. The second kappa shape index (κ2) is 13.3. The van der Waals surface area contributed by atoms with Gasteiger partial charge in [-0.25, -0.2) is 0 Å². The number of oxime groups is 1. The molecule has 5 aliphatic carbocycles. The van der Waals surface area contributed by atoms with Gasteiger partial charge in [0, 0.05) is 18.4 Å². The van der Waals surface area contributed by atoms with Crippen molar-refractivity contribution in [1.29, 1.82) is 0 Å². The maximum absolute atomic E-state index is 15.4. The van der Waals surface area contributed by atoms with Crippen molar-refractivity contribution >= 4 is 5.71 Å². The summed E-state index contributed by atoms with van der Waals surface area (Å²) in [7, 11) is 1.64. The van der Waals surface area contributed by atoms with Crippen molar-refractivity contribution in [3.8, 4) is 12.3 Å². The van der Waals surface area contributed by atoms with Crippen molar-refractivity contribution in [2.45, 2.75) is 88.1 Å². The predicted octanol–water partition coefficient (Wildman–Crippen LogP) is 6.95. The van der Waals surface area contributed by atoms with Crippen LogP contribution < -0.4 is 0 Å². The van der Waals surface area contributed by atoms with Gasteiger partial charge < -0.3 is 24.2 Å². The third kappa shape index (κ3) is 6.14. The van der Waals surface area contributed by atoms with Crippen molar-refractivity contribution < 1.29 is 32.9 Å². The van der Waals surface area contributed by atoms with Gasteiger partial charge in [0.25, 0.3) is 0 Å². The number of halogens is 2. The Kier molecular flexibility index (Phi) is 9.55. The van der Waals surface area contributed by atoms with Crippen LogP contribution in [0.3, 0.4) is 0 Å². The van der Waals surface area contributed by atoms with Gasteiger partial charge in [-0.1, -0.05) is 41.9 Å². The van der Waals surface area contributed by atoms with Crippen LogP contribution in [-0.2, 0) is 19.0 Å². The third-order valence-corrected chi connectivity index (χ3v) is 11.3. The molecule has 8 heteroatoms. The SMILES string of the molecule is C#CC(F)(F)[C@]1(O)CC[C@H]2[C@@H]3CCC4=C/C(=N\OCCOCCOCCOC)CCC4=C3[C@@H](c3ccc(C4CC4)cc3)C[C@@]21C. The van der Waals surface area contributed by atoms with Gasteiger partial charge in [-0.2, -0.15) is 8.78 Å². The van der Waals surface area contributed by atoms with Gasteiger partial charge in [-0.15, -0.1) is 6.42 Å². The molecule has 3 saturated carbocycles. The average molecular weight is 624 g/mol. The van der Waals surface area contributed by atoms with Crippen LogP contribution in [0.5, 0.6) is 0 Å². The number of benzene rings is 1. The van der Waals surface area contributed by atoms with E-state index in [1.54, 1.807) is 13.0 Å². The smallest absolute Gasteiger partial charge is 0.336 e. The lowest BCUT2D eigenvalue weighted by molar-refractivity contribution is -0.209. The molecule has 1 aromatic carbocycles. The monoisotopic (exact) mass is 623 g/mol. The summed E-state index contributed by atoms with van der Waals surface area (Å²) in [6.07, 6.45) is 14.4. The van der Waals surface area contributed by atoms with E-state index in [1.807, 2.05) is 6.92 Å². The number of aliphatic hydroxyl groups is 1. The first kappa shape index (κ1) is 32.4. The molecule has 0 radical (unpaired) electrons. The van der Waals surface area contributed by atoms with E-state index in [2.05, 4.69) is 35.5 Å². The molecular formula is C37H47F2NO5. The number of rotatable bonds is 13. The molecule has 5 atom stereocenters. The number of alkyl halides is 2. The number of terminal acetylenes is 1. The fraction of sp³-hybridized carbons (Fsp3) is 0.649. The molecule has 0 bridgehead atoms. The summed E-state index contributed by atoms with van der Waals surface area (Å²) in [5, 5.41) is 16.2. The molecule has 6 nitrogen and oxygen atoms in total. The van der Waals surface area contributed by atoms with Gasteiger partial charge >= 0.3 is 5.92 Å². The number of fused-ring (bicyclic) bond motifs is 4. The molecule has 3 fully saturated rings. The van der Waals surface area contributed by atoms with Crippen molar-refractivity contribution in [1.82, 2.24) is 0 Å². The summed E-state index contributed by atoms with van der Waals surface area (Å²) in [6, 6.07) is 8.85. The predicted molar refractivity (Wildman–Crippen MR) is 169 cm³/mol. The Morgan fingerprint density at radius 2 is 1.64 bits per heavy atom. The number of allylic oxidation sites excluding steroid dienone is 4. The van der Waals surface area contributed by atoms with Crippen molar-refractivity contribution in [2.75, 3.05) is 46.8 Å². The van der Waals surface area contributed by atoms with Gasteiger partial charge in [0.1, 0.15) is 12.2 Å². The Hall–Kier alpha value is -2.57. The number of hydrogen-bond donors (Lipinski definition) is 1. The van der Waals surface area contributed by atoms with Gasteiger partial charge in [-0.05, 0) is 110 Å². The summed E-state index contributed by atoms with van der Waals surface area (Å²) in [5.41, 5.74) is 4.25. The Bertz CT molecular complexity index is 1360. The van der Waals surface area contributed by atoms with E-state index >= 15 is 8.78 Å². The number of methoxy groups -OCH3 is 1. The third-order valence-electron chi connectivity index (χ3n) is 11.3. The molecule has 0 amide bonds. The normalized spacial score (nSPS) is 32.0. The lowest BCUT2D eigenvalue weighted by Crippen LogP contribution is -2.60. The summed E-state index contributed by atoms with van der Waals surface area (Å²) < 4.78 is 46.6. The van der Waals surface area contributed by atoms with Crippen LogP contribution in [0, 0.1) is 29.6 Å². The Balaban J connectivity index is 1.22. The summed E-state index contributed by atoms with van der Waals surface area (Å²) >= 11 is 0. The zero-order valence-electron chi connectivity index (χ0n) is 26.7. The molecule has 0 unspecified atom stereocenters. The van der Waals surface area contributed by atoms with Crippen LogP contribution in [-0.4, -0.2) is 69.1 Å². The molecule has 0 aromatic heterocycles. The highest BCUT2D eigenvalue weighted by Gasteiger charge is 2.71.